The lowest BCUT2D eigenvalue weighted by Gasteiger charge is -2.18. The van der Waals surface area contributed by atoms with E-state index >= 15 is 0 Å². The Hall–Kier alpha value is -2.69. The number of anilines is 3. The lowest BCUT2D eigenvalue weighted by molar-refractivity contribution is -0.114. The lowest BCUT2D eigenvalue weighted by Crippen LogP contribution is -2.22. The molecule has 0 radical (unpaired) electrons. The number of benzene rings is 2. The summed E-state index contributed by atoms with van der Waals surface area (Å²) in [7, 11) is 1.60. The maximum absolute atomic E-state index is 12.2. The van der Waals surface area contributed by atoms with Crippen LogP contribution in [0.15, 0.2) is 42.5 Å². The summed E-state index contributed by atoms with van der Waals surface area (Å²) in [5, 5.41) is 6.06. The highest BCUT2D eigenvalue weighted by atomic mass is 16.5. The normalized spacial score (nSPS) is 13.6. The first-order chi connectivity index (χ1) is 12.2. The SMILES string of the molecule is COc1ccc(C)cc1NC(=O)CNc1ccc(N2CCCC2)cc1. The van der Waals surface area contributed by atoms with Crippen molar-refractivity contribution in [3.05, 3.63) is 48.0 Å². The summed E-state index contributed by atoms with van der Waals surface area (Å²) in [5.74, 6) is 0.557. The number of nitrogens with zero attached hydrogens (tertiary/aromatic N) is 1. The van der Waals surface area contributed by atoms with Crippen molar-refractivity contribution in [1.29, 1.82) is 0 Å². The minimum Gasteiger partial charge on any atom is -0.495 e. The lowest BCUT2D eigenvalue weighted by atomic mass is 10.2. The van der Waals surface area contributed by atoms with E-state index < -0.39 is 0 Å². The van der Waals surface area contributed by atoms with Crippen LogP contribution in [0.1, 0.15) is 18.4 Å². The van der Waals surface area contributed by atoms with E-state index in [4.69, 9.17) is 4.74 Å². The fourth-order valence-electron chi connectivity index (χ4n) is 3.06. The van der Waals surface area contributed by atoms with Gasteiger partial charge >= 0.3 is 0 Å². The van der Waals surface area contributed by atoms with Crippen molar-refractivity contribution in [3.63, 3.8) is 0 Å². The second kappa shape index (κ2) is 7.92. The summed E-state index contributed by atoms with van der Waals surface area (Å²) in [4.78, 5) is 14.6. The highest BCUT2D eigenvalue weighted by Gasteiger charge is 2.12. The number of carbonyl (C=O) groups is 1. The molecular formula is C20H25N3O2. The molecule has 2 aromatic rings. The Morgan fingerprint density at radius 2 is 1.84 bits per heavy atom. The Labute approximate surface area is 149 Å². The quantitative estimate of drug-likeness (QED) is 0.843. The summed E-state index contributed by atoms with van der Waals surface area (Å²) in [6.07, 6.45) is 2.53. The Balaban J connectivity index is 1.54. The van der Waals surface area contributed by atoms with Crippen LogP contribution in [0, 0.1) is 6.92 Å². The van der Waals surface area contributed by atoms with Crippen LogP contribution >= 0.6 is 0 Å². The molecular weight excluding hydrogens is 314 g/mol. The van der Waals surface area contributed by atoms with E-state index in [2.05, 4.69) is 27.7 Å². The number of nitrogens with one attached hydrogen (secondary N) is 2. The third kappa shape index (κ3) is 4.44. The summed E-state index contributed by atoms with van der Waals surface area (Å²) < 4.78 is 5.29. The average molecular weight is 339 g/mol. The van der Waals surface area contributed by atoms with Gasteiger partial charge in [0.25, 0.3) is 0 Å². The maximum Gasteiger partial charge on any atom is 0.243 e. The highest BCUT2D eigenvalue weighted by molar-refractivity contribution is 5.95. The number of hydrogen-bond donors (Lipinski definition) is 2. The molecule has 1 heterocycles. The number of ether oxygens (including phenoxy) is 1. The zero-order chi connectivity index (χ0) is 17.6. The summed E-state index contributed by atoms with van der Waals surface area (Å²) in [6.45, 7) is 4.45. The first-order valence-electron chi connectivity index (χ1n) is 8.69. The van der Waals surface area contributed by atoms with E-state index in [0.29, 0.717) is 11.4 Å². The van der Waals surface area contributed by atoms with Gasteiger partial charge in [-0.05, 0) is 61.7 Å². The monoisotopic (exact) mass is 339 g/mol. The van der Waals surface area contributed by atoms with Crippen molar-refractivity contribution < 1.29 is 9.53 Å². The van der Waals surface area contributed by atoms with Gasteiger partial charge in [0.05, 0.1) is 19.3 Å². The standard InChI is InChI=1S/C20H25N3O2/c1-15-5-10-19(25-2)18(13-15)22-20(24)14-21-16-6-8-17(9-7-16)23-11-3-4-12-23/h5-10,13,21H,3-4,11-12,14H2,1-2H3,(H,22,24). The Morgan fingerprint density at radius 1 is 1.12 bits per heavy atom. The molecule has 1 saturated heterocycles. The van der Waals surface area contributed by atoms with Gasteiger partial charge in [0.15, 0.2) is 0 Å². The van der Waals surface area contributed by atoms with Crippen LogP contribution < -0.4 is 20.3 Å². The zero-order valence-electron chi connectivity index (χ0n) is 14.8. The van der Waals surface area contributed by atoms with E-state index in [1.165, 1.54) is 18.5 Å². The fourth-order valence-corrected chi connectivity index (χ4v) is 3.06. The van der Waals surface area contributed by atoms with E-state index in [1.807, 2.05) is 37.3 Å². The zero-order valence-corrected chi connectivity index (χ0v) is 14.8. The number of carbonyl (C=O) groups excluding carboxylic acids is 1. The molecule has 0 unspecified atom stereocenters. The number of amides is 1. The van der Waals surface area contributed by atoms with Crippen LogP contribution in [0.4, 0.5) is 17.1 Å². The second-order valence-corrected chi connectivity index (χ2v) is 6.35. The average Bonchev–Trinajstić information content (AvgIpc) is 3.15. The predicted molar refractivity (Wildman–Crippen MR) is 103 cm³/mol. The maximum atomic E-state index is 12.2. The minimum atomic E-state index is -0.104. The second-order valence-electron chi connectivity index (χ2n) is 6.35. The Morgan fingerprint density at radius 3 is 2.52 bits per heavy atom. The van der Waals surface area contributed by atoms with E-state index in [-0.39, 0.29) is 12.5 Å². The molecule has 5 nitrogen and oxygen atoms in total. The molecule has 0 atom stereocenters. The van der Waals surface area contributed by atoms with Crippen LogP contribution in [0.5, 0.6) is 5.75 Å². The van der Waals surface area contributed by atoms with Gasteiger partial charge in [0.2, 0.25) is 5.91 Å². The van der Waals surface area contributed by atoms with Crippen LogP contribution in [-0.2, 0) is 4.79 Å². The number of methoxy groups -OCH3 is 1. The molecule has 1 aliphatic rings. The van der Waals surface area contributed by atoms with Gasteiger partial charge in [0, 0.05) is 24.5 Å². The largest absolute Gasteiger partial charge is 0.495 e. The fraction of sp³-hybridized carbons (Fsp3) is 0.350. The molecule has 2 aromatic carbocycles. The van der Waals surface area contributed by atoms with Gasteiger partial charge in [-0.15, -0.1) is 0 Å². The van der Waals surface area contributed by atoms with Crippen molar-refractivity contribution in [2.75, 3.05) is 42.3 Å². The highest BCUT2D eigenvalue weighted by Crippen LogP contribution is 2.25. The molecule has 0 aliphatic carbocycles. The Bertz CT molecular complexity index is 722. The summed E-state index contributed by atoms with van der Waals surface area (Å²) in [5.41, 5.74) is 3.95. The Kier molecular flexibility index (Phi) is 5.43. The number of hydrogen-bond acceptors (Lipinski definition) is 4. The molecule has 0 spiro atoms. The third-order valence-electron chi connectivity index (χ3n) is 4.42. The van der Waals surface area contributed by atoms with Crippen molar-refractivity contribution in [2.24, 2.45) is 0 Å². The van der Waals surface area contributed by atoms with Crippen molar-refractivity contribution >= 4 is 23.0 Å². The summed E-state index contributed by atoms with van der Waals surface area (Å²) >= 11 is 0. The van der Waals surface area contributed by atoms with E-state index in [0.717, 1.165) is 24.3 Å². The molecule has 132 valence electrons. The molecule has 2 N–H and O–H groups in total. The molecule has 0 saturated carbocycles. The van der Waals surface area contributed by atoms with Crippen LogP contribution in [-0.4, -0.2) is 32.7 Å². The topological polar surface area (TPSA) is 53.6 Å². The van der Waals surface area contributed by atoms with Crippen molar-refractivity contribution in [1.82, 2.24) is 0 Å². The van der Waals surface area contributed by atoms with Crippen LogP contribution in [0.2, 0.25) is 0 Å². The number of aryl methyl sites for hydroxylation is 1. The first kappa shape index (κ1) is 17.1. The van der Waals surface area contributed by atoms with Crippen molar-refractivity contribution in [3.8, 4) is 5.75 Å². The third-order valence-corrected chi connectivity index (χ3v) is 4.42. The summed E-state index contributed by atoms with van der Waals surface area (Å²) in [6, 6.07) is 14.0. The minimum absolute atomic E-state index is 0.104. The molecule has 0 aromatic heterocycles. The molecule has 1 amide bonds. The number of rotatable bonds is 6. The van der Waals surface area contributed by atoms with Gasteiger partial charge in [-0.3, -0.25) is 4.79 Å². The van der Waals surface area contributed by atoms with Gasteiger partial charge in [-0.2, -0.15) is 0 Å². The van der Waals surface area contributed by atoms with Gasteiger partial charge in [0.1, 0.15) is 5.75 Å². The molecule has 0 bridgehead atoms. The van der Waals surface area contributed by atoms with Gasteiger partial charge in [-0.25, -0.2) is 0 Å². The molecule has 1 aliphatic heterocycles. The van der Waals surface area contributed by atoms with Gasteiger partial charge < -0.3 is 20.3 Å². The van der Waals surface area contributed by atoms with Crippen LogP contribution in [0.3, 0.4) is 0 Å². The molecule has 5 heteroatoms. The van der Waals surface area contributed by atoms with Crippen LogP contribution in [0.25, 0.3) is 0 Å². The van der Waals surface area contributed by atoms with E-state index in [1.54, 1.807) is 7.11 Å². The molecule has 3 rings (SSSR count). The predicted octanol–water partition coefficient (Wildman–Crippen LogP) is 3.65. The van der Waals surface area contributed by atoms with Gasteiger partial charge in [-0.1, -0.05) is 6.07 Å². The first-order valence-corrected chi connectivity index (χ1v) is 8.69. The molecule has 1 fully saturated rings. The van der Waals surface area contributed by atoms with E-state index in [9.17, 15) is 4.79 Å². The van der Waals surface area contributed by atoms with Crippen molar-refractivity contribution in [2.45, 2.75) is 19.8 Å². The smallest absolute Gasteiger partial charge is 0.243 e. The molecule has 25 heavy (non-hydrogen) atoms.